The molecule has 2 rings (SSSR count). The van der Waals surface area contributed by atoms with Gasteiger partial charge in [-0.15, -0.1) is 0 Å². The highest BCUT2D eigenvalue weighted by Gasteiger charge is 2.28. The van der Waals surface area contributed by atoms with Gasteiger partial charge in [-0.3, -0.25) is 0 Å². The lowest BCUT2D eigenvalue weighted by Crippen LogP contribution is -2.36. The number of hydrogen-bond donors (Lipinski definition) is 1. The van der Waals surface area contributed by atoms with Crippen molar-refractivity contribution >= 4 is 10.0 Å². The van der Waals surface area contributed by atoms with Gasteiger partial charge in [0.1, 0.15) is 0 Å². The molecule has 1 aliphatic heterocycles. The number of benzene rings is 1. The summed E-state index contributed by atoms with van der Waals surface area (Å²) in [5, 5.41) is 3.28. The zero-order valence-corrected chi connectivity index (χ0v) is 13.5. The fraction of sp³-hybridized carbons (Fsp3) is 0.600. The zero-order valence-electron chi connectivity index (χ0n) is 12.7. The van der Waals surface area contributed by atoms with Gasteiger partial charge in [0.05, 0.1) is 4.90 Å². The summed E-state index contributed by atoms with van der Waals surface area (Å²) in [5.74, 6) is 0. The molecular weight excluding hydrogens is 272 g/mol. The molecule has 1 heterocycles. The van der Waals surface area contributed by atoms with Crippen molar-refractivity contribution in [1.29, 1.82) is 0 Å². The lowest BCUT2D eigenvalue weighted by Gasteiger charge is -2.28. The Kier molecular flexibility index (Phi) is 4.23. The van der Waals surface area contributed by atoms with E-state index < -0.39 is 10.0 Å². The van der Waals surface area contributed by atoms with E-state index in [0.29, 0.717) is 11.4 Å². The molecule has 5 heteroatoms. The Morgan fingerprint density at radius 1 is 1.30 bits per heavy atom. The van der Waals surface area contributed by atoms with Crippen LogP contribution in [0.5, 0.6) is 0 Å². The van der Waals surface area contributed by atoms with Crippen LogP contribution < -0.4 is 5.32 Å². The van der Waals surface area contributed by atoms with Gasteiger partial charge in [-0.1, -0.05) is 32.9 Å². The van der Waals surface area contributed by atoms with Crippen LogP contribution in [-0.2, 0) is 23.0 Å². The summed E-state index contributed by atoms with van der Waals surface area (Å²) < 4.78 is 27.1. The average molecular weight is 296 g/mol. The number of nitrogens with zero attached hydrogens (tertiary/aromatic N) is 1. The van der Waals surface area contributed by atoms with Crippen LogP contribution >= 0.6 is 0 Å². The average Bonchev–Trinajstić information content (AvgIpc) is 2.36. The molecule has 0 amide bonds. The van der Waals surface area contributed by atoms with Gasteiger partial charge >= 0.3 is 0 Å². The fourth-order valence-corrected chi connectivity index (χ4v) is 4.35. The van der Waals surface area contributed by atoms with Crippen molar-refractivity contribution in [2.24, 2.45) is 5.41 Å². The van der Waals surface area contributed by atoms with Gasteiger partial charge in [0, 0.05) is 20.1 Å². The smallest absolute Gasteiger partial charge is 0.243 e. The van der Waals surface area contributed by atoms with Gasteiger partial charge in [-0.25, -0.2) is 12.7 Å². The number of sulfonamides is 1. The number of nitrogens with one attached hydrogen (secondary N) is 1. The van der Waals surface area contributed by atoms with Crippen LogP contribution in [0, 0.1) is 5.41 Å². The van der Waals surface area contributed by atoms with E-state index in [0.717, 1.165) is 30.6 Å². The summed E-state index contributed by atoms with van der Waals surface area (Å²) in [4.78, 5) is 0.475. The van der Waals surface area contributed by atoms with Crippen molar-refractivity contribution in [3.63, 3.8) is 0 Å². The van der Waals surface area contributed by atoms with E-state index in [1.807, 2.05) is 32.9 Å². The molecule has 0 saturated carbocycles. The van der Waals surface area contributed by atoms with Crippen molar-refractivity contribution in [3.8, 4) is 0 Å². The lowest BCUT2D eigenvalue weighted by atomic mass is 9.97. The van der Waals surface area contributed by atoms with Gasteiger partial charge in [0.25, 0.3) is 0 Å². The van der Waals surface area contributed by atoms with E-state index in [1.165, 1.54) is 4.31 Å². The van der Waals surface area contributed by atoms with Gasteiger partial charge < -0.3 is 5.32 Å². The van der Waals surface area contributed by atoms with Crippen LogP contribution in [0.15, 0.2) is 23.1 Å². The molecule has 1 N–H and O–H groups in total. The molecule has 20 heavy (non-hydrogen) atoms. The predicted molar refractivity (Wildman–Crippen MR) is 81.1 cm³/mol. The minimum Gasteiger partial charge on any atom is -0.312 e. The molecule has 0 bridgehead atoms. The molecule has 1 aromatic carbocycles. The second-order valence-corrected chi connectivity index (χ2v) is 8.66. The molecular formula is C15H24N2O2S. The number of rotatable bonds is 3. The molecule has 0 unspecified atom stereocenters. The molecule has 1 aromatic rings. The van der Waals surface area contributed by atoms with Gasteiger partial charge in [0.15, 0.2) is 0 Å². The SMILES string of the molecule is CN(CC(C)(C)C)S(=O)(=O)c1cccc2c1CCNC2. The minimum absolute atomic E-state index is 0.0573. The molecule has 0 spiro atoms. The van der Waals surface area contributed by atoms with E-state index in [-0.39, 0.29) is 5.41 Å². The third-order valence-electron chi connectivity index (χ3n) is 3.48. The summed E-state index contributed by atoms with van der Waals surface area (Å²) in [6.07, 6.45) is 0.772. The Labute approximate surface area is 122 Å². The highest BCUT2D eigenvalue weighted by molar-refractivity contribution is 7.89. The molecule has 0 fully saturated rings. The van der Waals surface area contributed by atoms with Gasteiger partial charge in [-0.2, -0.15) is 0 Å². The molecule has 0 aromatic heterocycles. The molecule has 112 valence electrons. The van der Waals surface area contributed by atoms with E-state index >= 15 is 0 Å². The molecule has 0 atom stereocenters. The largest absolute Gasteiger partial charge is 0.312 e. The summed E-state index contributed by atoms with van der Waals surface area (Å²) in [6.45, 7) is 8.23. The van der Waals surface area contributed by atoms with Crippen molar-refractivity contribution in [1.82, 2.24) is 9.62 Å². The van der Waals surface area contributed by atoms with Crippen LogP contribution in [0.2, 0.25) is 0 Å². The van der Waals surface area contributed by atoms with Crippen LogP contribution in [0.1, 0.15) is 31.9 Å². The zero-order chi connectivity index (χ0) is 15.0. The monoisotopic (exact) mass is 296 g/mol. The van der Waals surface area contributed by atoms with Crippen molar-refractivity contribution in [2.75, 3.05) is 20.1 Å². The quantitative estimate of drug-likeness (QED) is 0.928. The van der Waals surface area contributed by atoms with E-state index in [9.17, 15) is 8.42 Å². The van der Waals surface area contributed by atoms with E-state index in [2.05, 4.69) is 5.32 Å². The minimum atomic E-state index is -3.41. The maximum absolute atomic E-state index is 12.8. The van der Waals surface area contributed by atoms with Crippen molar-refractivity contribution in [3.05, 3.63) is 29.3 Å². The van der Waals surface area contributed by atoms with Crippen LogP contribution in [-0.4, -0.2) is 32.9 Å². The highest BCUT2D eigenvalue weighted by atomic mass is 32.2. The predicted octanol–water partition coefficient (Wildman–Crippen LogP) is 2.00. The number of hydrogen-bond acceptors (Lipinski definition) is 3. The summed E-state index contributed by atoms with van der Waals surface area (Å²) in [7, 11) is -1.74. The van der Waals surface area contributed by atoms with Gasteiger partial charge in [-0.05, 0) is 35.6 Å². The molecule has 0 aliphatic carbocycles. The van der Waals surface area contributed by atoms with Crippen LogP contribution in [0.4, 0.5) is 0 Å². The van der Waals surface area contributed by atoms with Crippen molar-refractivity contribution < 1.29 is 8.42 Å². The first kappa shape index (κ1) is 15.5. The summed E-state index contributed by atoms with van der Waals surface area (Å²) in [6, 6.07) is 5.58. The Bertz CT molecular complexity index is 588. The first-order valence-corrected chi connectivity index (χ1v) is 8.44. The Hall–Kier alpha value is -0.910. The Balaban J connectivity index is 2.40. The molecule has 0 saturated heterocycles. The number of fused-ring (bicyclic) bond motifs is 1. The van der Waals surface area contributed by atoms with E-state index in [4.69, 9.17) is 0 Å². The topological polar surface area (TPSA) is 49.4 Å². The maximum atomic E-state index is 12.8. The normalized spacial score (nSPS) is 16.2. The van der Waals surface area contributed by atoms with Crippen LogP contribution in [0.25, 0.3) is 0 Å². The lowest BCUT2D eigenvalue weighted by molar-refractivity contribution is 0.310. The third-order valence-corrected chi connectivity index (χ3v) is 5.37. The second-order valence-electron chi connectivity index (χ2n) is 6.64. The maximum Gasteiger partial charge on any atom is 0.243 e. The van der Waals surface area contributed by atoms with E-state index in [1.54, 1.807) is 13.1 Å². The third kappa shape index (κ3) is 3.22. The summed E-state index contributed by atoms with van der Waals surface area (Å²) >= 11 is 0. The molecule has 0 radical (unpaired) electrons. The molecule has 4 nitrogen and oxygen atoms in total. The molecule has 1 aliphatic rings. The summed E-state index contributed by atoms with van der Waals surface area (Å²) in [5.41, 5.74) is 2.02. The van der Waals surface area contributed by atoms with Crippen molar-refractivity contribution in [2.45, 2.75) is 38.6 Å². The van der Waals surface area contributed by atoms with Crippen LogP contribution in [0.3, 0.4) is 0 Å². The Morgan fingerprint density at radius 2 is 2.00 bits per heavy atom. The fourth-order valence-electron chi connectivity index (χ4n) is 2.66. The highest BCUT2D eigenvalue weighted by Crippen LogP contribution is 2.27. The second kappa shape index (κ2) is 5.47. The van der Waals surface area contributed by atoms with Gasteiger partial charge in [0.2, 0.25) is 10.0 Å². The first-order valence-electron chi connectivity index (χ1n) is 7.00. The first-order chi connectivity index (χ1) is 9.22. The Morgan fingerprint density at radius 3 is 2.65 bits per heavy atom. The standard InChI is InChI=1S/C15H24N2O2S/c1-15(2,3)11-17(4)20(18,19)14-7-5-6-12-10-16-9-8-13(12)14/h5-7,16H,8-11H2,1-4H3.